The maximum atomic E-state index is 12.5. The highest BCUT2D eigenvalue weighted by molar-refractivity contribution is 5.89. The smallest absolute Gasteiger partial charge is 0.303 e. The van der Waals surface area contributed by atoms with Gasteiger partial charge in [-0.05, 0) is 18.9 Å². The lowest BCUT2D eigenvalue weighted by Gasteiger charge is -2.26. The summed E-state index contributed by atoms with van der Waals surface area (Å²) in [6.07, 6.45) is 0.681. The number of rotatable bonds is 7. The first-order valence-corrected chi connectivity index (χ1v) is 8.21. The number of hydrogen-bond acceptors (Lipinski definition) is 3. The third kappa shape index (κ3) is 4.34. The van der Waals surface area contributed by atoms with Gasteiger partial charge in [0.05, 0.1) is 12.0 Å². The molecule has 0 saturated carbocycles. The van der Waals surface area contributed by atoms with Crippen molar-refractivity contribution in [2.45, 2.75) is 32.2 Å². The minimum absolute atomic E-state index is 0.0105. The van der Waals surface area contributed by atoms with Crippen molar-refractivity contribution in [3.63, 3.8) is 0 Å². The van der Waals surface area contributed by atoms with Gasteiger partial charge in [0.25, 0.3) is 0 Å². The van der Waals surface area contributed by atoms with Crippen LogP contribution in [0.15, 0.2) is 30.3 Å². The van der Waals surface area contributed by atoms with Crippen LogP contribution in [0.2, 0.25) is 0 Å². The fraction of sp³-hybridized carbons (Fsp3) is 0.500. The predicted molar refractivity (Wildman–Crippen MR) is 89.2 cm³/mol. The molecular weight excluding hydrogens is 308 g/mol. The topological polar surface area (TPSA) is 77.9 Å². The highest BCUT2D eigenvalue weighted by Crippen LogP contribution is 2.29. The molecule has 1 aliphatic heterocycles. The molecule has 2 unspecified atom stereocenters. The molecule has 0 radical (unpaired) electrons. The molecule has 0 aliphatic carbocycles. The van der Waals surface area contributed by atoms with Gasteiger partial charge in [-0.15, -0.1) is 0 Å². The standard InChI is InChI=1S/C18H24N2O4/c1-13(14-7-4-3-5-8-14)20-12-15(11-16(20)21)18(24)19(2)10-6-9-17(22)23/h3-5,7-8,13,15H,6,9-12H2,1-2H3,(H,22,23). The van der Waals surface area contributed by atoms with Crippen LogP contribution in [0.5, 0.6) is 0 Å². The molecule has 2 atom stereocenters. The van der Waals surface area contributed by atoms with Crippen molar-refractivity contribution in [3.8, 4) is 0 Å². The van der Waals surface area contributed by atoms with Gasteiger partial charge < -0.3 is 14.9 Å². The predicted octanol–water partition coefficient (Wildman–Crippen LogP) is 1.92. The first-order valence-electron chi connectivity index (χ1n) is 8.21. The Balaban J connectivity index is 1.93. The summed E-state index contributed by atoms with van der Waals surface area (Å²) in [5, 5.41) is 8.66. The zero-order valence-corrected chi connectivity index (χ0v) is 14.1. The van der Waals surface area contributed by atoms with Gasteiger partial charge in [-0.25, -0.2) is 0 Å². The summed E-state index contributed by atoms with van der Waals surface area (Å²) >= 11 is 0. The first-order chi connectivity index (χ1) is 11.4. The maximum Gasteiger partial charge on any atom is 0.303 e. The molecule has 1 aromatic rings. The van der Waals surface area contributed by atoms with Crippen LogP contribution in [0.25, 0.3) is 0 Å². The summed E-state index contributed by atoms with van der Waals surface area (Å²) in [6.45, 7) is 2.78. The van der Waals surface area contributed by atoms with Crippen molar-refractivity contribution in [3.05, 3.63) is 35.9 Å². The molecule has 1 N–H and O–H groups in total. The average Bonchev–Trinajstić information content (AvgIpc) is 2.95. The van der Waals surface area contributed by atoms with Gasteiger partial charge in [0, 0.05) is 33.0 Å². The largest absolute Gasteiger partial charge is 0.481 e. The second kappa shape index (κ2) is 7.95. The van der Waals surface area contributed by atoms with Crippen LogP contribution in [-0.2, 0) is 14.4 Å². The highest BCUT2D eigenvalue weighted by atomic mass is 16.4. The Morgan fingerprint density at radius 2 is 2.00 bits per heavy atom. The van der Waals surface area contributed by atoms with Gasteiger partial charge in [0.1, 0.15) is 0 Å². The van der Waals surface area contributed by atoms with Gasteiger partial charge in [-0.3, -0.25) is 14.4 Å². The minimum Gasteiger partial charge on any atom is -0.481 e. The Morgan fingerprint density at radius 3 is 2.62 bits per heavy atom. The van der Waals surface area contributed by atoms with Crippen LogP contribution in [0.4, 0.5) is 0 Å². The molecule has 6 nitrogen and oxygen atoms in total. The molecule has 0 bridgehead atoms. The van der Waals surface area contributed by atoms with Gasteiger partial charge in [-0.1, -0.05) is 30.3 Å². The SMILES string of the molecule is CC(c1ccccc1)N1CC(C(=O)N(C)CCCC(=O)O)CC1=O. The summed E-state index contributed by atoms with van der Waals surface area (Å²) in [6, 6.07) is 9.70. The molecular formula is C18H24N2O4. The van der Waals surface area contributed by atoms with E-state index in [9.17, 15) is 14.4 Å². The molecule has 1 aliphatic rings. The van der Waals surface area contributed by atoms with E-state index in [1.165, 1.54) is 4.90 Å². The van der Waals surface area contributed by atoms with Crippen molar-refractivity contribution in [2.24, 2.45) is 5.92 Å². The molecule has 1 saturated heterocycles. The summed E-state index contributed by atoms with van der Waals surface area (Å²) in [4.78, 5) is 38.6. The Bertz CT molecular complexity index is 602. The molecule has 130 valence electrons. The zero-order valence-electron chi connectivity index (χ0n) is 14.1. The van der Waals surface area contributed by atoms with E-state index < -0.39 is 5.97 Å². The average molecular weight is 332 g/mol. The number of likely N-dealkylation sites (tertiary alicyclic amines) is 1. The van der Waals surface area contributed by atoms with Gasteiger partial charge in [0.2, 0.25) is 11.8 Å². The minimum atomic E-state index is -0.866. The summed E-state index contributed by atoms with van der Waals surface area (Å²) in [5.41, 5.74) is 1.05. The van der Waals surface area contributed by atoms with Crippen molar-refractivity contribution in [2.75, 3.05) is 20.1 Å². The maximum absolute atomic E-state index is 12.5. The Labute approximate surface area is 142 Å². The fourth-order valence-electron chi connectivity index (χ4n) is 3.07. The van der Waals surface area contributed by atoms with E-state index in [0.717, 1.165) is 5.56 Å². The zero-order chi connectivity index (χ0) is 17.7. The number of aliphatic carboxylic acids is 1. The fourth-order valence-corrected chi connectivity index (χ4v) is 3.07. The third-order valence-corrected chi connectivity index (χ3v) is 4.52. The Kier molecular flexibility index (Phi) is 5.95. The Hall–Kier alpha value is -2.37. The highest BCUT2D eigenvalue weighted by Gasteiger charge is 2.37. The number of benzene rings is 1. The van der Waals surface area contributed by atoms with Crippen LogP contribution >= 0.6 is 0 Å². The first kappa shape index (κ1) is 18.0. The molecule has 0 aromatic heterocycles. The number of amides is 2. The monoisotopic (exact) mass is 332 g/mol. The summed E-state index contributed by atoms with van der Waals surface area (Å²) in [5.74, 6) is -1.31. The lowest BCUT2D eigenvalue weighted by atomic mass is 10.1. The van der Waals surface area contributed by atoms with E-state index in [1.54, 1.807) is 11.9 Å². The molecule has 1 heterocycles. The van der Waals surface area contributed by atoms with E-state index in [0.29, 0.717) is 19.5 Å². The number of carboxylic acids is 1. The second-order valence-electron chi connectivity index (χ2n) is 6.29. The molecule has 2 amide bonds. The van der Waals surface area contributed by atoms with Crippen molar-refractivity contribution in [1.82, 2.24) is 9.80 Å². The second-order valence-corrected chi connectivity index (χ2v) is 6.29. The normalized spacial score (nSPS) is 18.5. The quantitative estimate of drug-likeness (QED) is 0.827. The van der Waals surface area contributed by atoms with E-state index in [2.05, 4.69) is 0 Å². The molecule has 24 heavy (non-hydrogen) atoms. The molecule has 2 rings (SSSR count). The van der Waals surface area contributed by atoms with E-state index in [4.69, 9.17) is 5.11 Å². The number of carbonyl (C=O) groups is 3. The number of carbonyl (C=O) groups excluding carboxylic acids is 2. The van der Waals surface area contributed by atoms with Gasteiger partial charge >= 0.3 is 5.97 Å². The van der Waals surface area contributed by atoms with Crippen molar-refractivity contribution >= 4 is 17.8 Å². The lowest BCUT2D eigenvalue weighted by molar-refractivity contribution is -0.138. The summed E-state index contributed by atoms with van der Waals surface area (Å²) < 4.78 is 0. The van der Waals surface area contributed by atoms with E-state index >= 15 is 0 Å². The van der Waals surface area contributed by atoms with Crippen molar-refractivity contribution in [1.29, 1.82) is 0 Å². The van der Waals surface area contributed by atoms with Crippen LogP contribution in [0, 0.1) is 5.92 Å². The lowest BCUT2D eigenvalue weighted by Crippen LogP contribution is -2.36. The van der Waals surface area contributed by atoms with Crippen LogP contribution in [0.1, 0.15) is 37.8 Å². The summed E-state index contributed by atoms with van der Waals surface area (Å²) in [7, 11) is 1.66. The molecule has 6 heteroatoms. The molecule has 1 fully saturated rings. The molecule has 1 aromatic carbocycles. The number of carboxylic acid groups (broad SMARTS) is 1. The Morgan fingerprint density at radius 1 is 1.33 bits per heavy atom. The van der Waals surface area contributed by atoms with Crippen LogP contribution < -0.4 is 0 Å². The van der Waals surface area contributed by atoms with Crippen LogP contribution in [-0.4, -0.2) is 52.8 Å². The van der Waals surface area contributed by atoms with Crippen molar-refractivity contribution < 1.29 is 19.5 Å². The van der Waals surface area contributed by atoms with E-state index in [1.807, 2.05) is 37.3 Å². The van der Waals surface area contributed by atoms with Gasteiger partial charge in [-0.2, -0.15) is 0 Å². The number of nitrogens with zero attached hydrogens (tertiary/aromatic N) is 2. The van der Waals surface area contributed by atoms with Crippen LogP contribution in [0.3, 0.4) is 0 Å². The van der Waals surface area contributed by atoms with Gasteiger partial charge in [0.15, 0.2) is 0 Å². The number of hydrogen-bond donors (Lipinski definition) is 1. The molecule has 0 spiro atoms. The third-order valence-electron chi connectivity index (χ3n) is 4.52. The van der Waals surface area contributed by atoms with E-state index in [-0.39, 0.29) is 36.6 Å².